The lowest BCUT2D eigenvalue weighted by Gasteiger charge is -2.35. The molecule has 0 spiro atoms. The number of carbonyl (C=O) groups excluding carboxylic acids is 1. The molecule has 2 aromatic carbocycles. The van der Waals surface area contributed by atoms with Crippen LogP contribution in [0, 0.1) is 0 Å². The van der Waals surface area contributed by atoms with E-state index < -0.39 is 6.10 Å². The van der Waals surface area contributed by atoms with Crippen LogP contribution in [-0.4, -0.2) is 54.5 Å². The van der Waals surface area contributed by atoms with Gasteiger partial charge < -0.3 is 14.5 Å². The predicted octanol–water partition coefficient (Wildman–Crippen LogP) is 3.16. The normalized spacial score (nSPS) is 17.0. The molecule has 1 atom stereocenters. The van der Waals surface area contributed by atoms with E-state index in [9.17, 15) is 4.79 Å². The number of amides is 1. The third-order valence-corrected chi connectivity index (χ3v) is 4.78. The number of fused-ring (bicyclic) bond motifs is 1. The summed E-state index contributed by atoms with van der Waals surface area (Å²) in [5.41, 5.74) is 0. The molecule has 24 heavy (non-hydrogen) atoms. The topological polar surface area (TPSA) is 32.8 Å². The van der Waals surface area contributed by atoms with Gasteiger partial charge in [0.2, 0.25) is 0 Å². The van der Waals surface area contributed by atoms with Gasteiger partial charge in [-0.05, 0) is 35.9 Å². The lowest BCUT2D eigenvalue weighted by atomic mass is 10.1. The van der Waals surface area contributed by atoms with Crippen LogP contribution in [0.5, 0.6) is 5.75 Å². The van der Waals surface area contributed by atoms with Crippen LogP contribution in [0.4, 0.5) is 0 Å². The van der Waals surface area contributed by atoms with Gasteiger partial charge >= 0.3 is 0 Å². The van der Waals surface area contributed by atoms with E-state index in [2.05, 4.69) is 24.0 Å². The van der Waals surface area contributed by atoms with Gasteiger partial charge in [0.05, 0.1) is 0 Å². The van der Waals surface area contributed by atoms with Crippen LogP contribution in [0.1, 0.15) is 20.3 Å². The number of rotatable bonds is 5. The molecule has 1 amide bonds. The van der Waals surface area contributed by atoms with Crippen LogP contribution < -0.4 is 4.74 Å². The zero-order valence-corrected chi connectivity index (χ0v) is 14.6. The Morgan fingerprint density at radius 2 is 1.75 bits per heavy atom. The quantitative estimate of drug-likeness (QED) is 0.846. The highest BCUT2D eigenvalue weighted by atomic mass is 16.5. The molecule has 0 bridgehead atoms. The second-order valence-corrected chi connectivity index (χ2v) is 6.28. The molecule has 0 radical (unpaired) electrons. The predicted molar refractivity (Wildman–Crippen MR) is 97.3 cm³/mol. The average molecular weight is 326 g/mol. The third kappa shape index (κ3) is 3.70. The molecule has 2 aromatic rings. The summed E-state index contributed by atoms with van der Waals surface area (Å²) in [4.78, 5) is 17.1. The van der Waals surface area contributed by atoms with Gasteiger partial charge in [-0.1, -0.05) is 44.2 Å². The number of nitrogens with zero attached hydrogens (tertiary/aromatic N) is 2. The number of ether oxygens (including phenoxy) is 1. The van der Waals surface area contributed by atoms with E-state index in [1.165, 1.54) is 5.39 Å². The smallest absolute Gasteiger partial charge is 0.263 e. The maximum absolute atomic E-state index is 12.8. The Morgan fingerprint density at radius 1 is 1.04 bits per heavy atom. The number of hydrogen-bond acceptors (Lipinski definition) is 3. The highest BCUT2D eigenvalue weighted by molar-refractivity contribution is 5.84. The largest absolute Gasteiger partial charge is 0.481 e. The van der Waals surface area contributed by atoms with Gasteiger partial charge in [0.1, 0.15) is 5.75 Å². The lowest BCUT2D eigenvalue weighted by Crippen LogP contribution is -2.52. The molecular formula is C20H26N2O2. The van der Waals surface area contributed by atoms with Crippen LogP contribution in [0.15, 0.2) is 42.5 Å². The minimum Gasteiger partial charge on any atom is -0.481 e. The minimum absolute atomic E-state index is 0.112. The number of benzene rings is 2. The second kappa shape index (κ2) is 7.67. The summed E-state index contributed by atoms with van der Waals surface area (Å²) in [7, 11) is 0. The van der Waals surface area contributed by atoms with Crippen molar-refractivity contribution in [3.8, 4) is 5.75 Å². The first-order valence-corrected chi connectivity index (χ1v) is 8.88. The summed E-state index contributed by atoms with van der Waals surface area (Å²) < 4.78 is 6.04. The zero-order chi connectivity index (χ0) is 16.9. The molecule has 1 heterocycles. The first-order chi connectivity index (χ1) is 11.7. The van der Waals surface area contributed by atoms with Crippen molar-refractivity contribution in [2.75, 3.05) is 32.7 Å². The average Bonchev–Trinajstić information content (AvgIpc) is 2.65. The lowest BCUT2D eigenvalue weighted by molar-refractivity contribution is -0.140. The Morgan fingerprint density at radius 3 is 2.42 bits per heavy atom. The molecule has 4 nitrogen and oxygen atoms in total. The van der Waals surface area contributed by atoms with Crippen LogP contribution in [-0.2, 0) is 4.79 Å². The van der Waals surface area contributed by atoms with E-state index >= 15 is 0 Å². The van der Waals surface area contributed by atoms with Crippen molar-refractivity contribution in [3.63, 3.8) is 0 Å². The second-order valence-electron chi connectivity index (χ2n) is 6.28. The van der Waals surface area contributed by atoms with Crippen LogP contribution in [0.2, 0.25) is 0 Å². The van der Waals surface area contributed by atoms with Gasteiger partial charge in [-0.15, -0.1) is 0 Å². The van der Waals surface area contributed by atoms with E-state index in [1.807, 2.05) is 42.2 Å². The Kier molecular flexibility index (Phi) is 5.36. The monoisotopic (exact) mass is 326 g/mol. The Hall–Kier alpha value is -2.07. The third-order valence-electron chi connectivity index (χ3n) is 4.78. The van der Waals surface area contributed by atoms with Crippen molar-refractivity contribution in [3.05, 3.63) is 42.5 Å². The summed E-state index contributed by atoms with van der Waals surface area (Å²) in [5.74, 6) is 0.877. The molecule has 1 unspecified atom stereocenters. The van der Waals surface area contributed by atoms with Crippen LogP contribution >= 0.6 is 0 Å². The summed E-state index contributed by atoms with van der Waals surface area (Å²) in [6.45, 7) is 8.71. The zero-order valence-electron chi connectivity index (χ0n) is 14.6. The molecule has 0 saturated carbocycles. The Balaban J connectivity index is 1.68. The number of piperazine rings is 1. The number of hydrogen-bond donors (Lipinski definition) is 0. The van der Waals surface area contributed by atoms with E-state index in [-0.39, 0.29) is 5.91 Å². The van der Waals surface area contributed by atoms with Gasteiger partial charge in [-0.25, -0.2) is 0 Å². The highest BCUT2D eigenvalue weighted by Crippen LogP contribution is 2.22. The fraction of sp³-hybridized carbons (Fsp3) is 0.450. The number of carbonyl (C=O) groups is 1. The van der Waals surface area contributed by atoms with Gasteiger partial charge in [-0.2, -0.15) is 0 Å². The molecule has 1 fully saturated rings. The maximum Gasteiger partial charge on any atom is 0.263 e. The molecule has 1 saturated heterocycles. The fourth-order valence-corrected chi connectivity index (χ4v) is 3.20. The standard InChI is InChI=1S/C20H26N2O2/c1-3-19(20(23)22-13-11-21(4-2)12-14-22)24-18-10-9-16-7-5-6-8-17(16)15-18/h5-10,15,19H,3-4,11-14H2,1-2H3. The highest BCUT2D eigenvalue weighted by Gasteiger charge is 2.27. The van der Waals surface area contributed by atoms with Gasteiger partial charge in [0.15, 0.2) is 6.10 Å². The first kappa shape index (κ1) is 16.8. The summed E-state index contributed by atoms with van der Waals surface area (Å²) in [5, 5.41) is 2.31. The molecular weight excluding hydrogens is 300 g/mol. The summed E-state index contributed by atoms with van der Waals surface area (Å²) in [6.07, 6.45) is 0.277. The van der Waals surface area contributed by atoms with Crippen molar-refractivity contribution in [2.24, 2.45) is 0 Å². The SMILES string of the molecule is CCC(Oc1ccc2ccccc2c1)C(=O)N1CCN(CC)CC1. The molecule has 0 N–H and O–H groups in total. The molecule has 1 aliphatic rings. The Bertz CT molecular complexity index is 693. The maximum atomic E-state index is 12.8. The molecule has 4 heteroatoms. The van der Waals surface area contributed by atoms with Crippen LogP contribution in [0.25, 0.3) is 10.8 Å². The van der Waals surface area contributed by atoms with E-state index in [4.69, 9.17) is 4.74 Å². The number of likely N-dealkylation sites (N-methyl/N-ethyl adjacent to an activating group) is 1. The van der Waals surface area contributed by atoms with Crippen molar-refractivity contribution < 1.29 is 9.53 Å². The summed E-state index contributed by atoms with van der Waals surface area (Å²) >= 11 is 0. The van der Waals surface area contributed by atoms with Crippen molar-refractivity contribution in [1.29, 1.82) is 0 Å². The molecule has 128 valence electrons. The molecule has 0 aliphatic carbocycles. The van der Waals surface area contributed by atoms with Gasteiger partial charge in [-0.3, -0.25) is 4.79 Å². The van der Waals surface area contributed by atoms with Gasteiger partial charge in [0.25, 0.3) is 5.91 Å². The molecule has 0 aromatic heterocycles. The van der Waals surface area contributed by atoms with Crippen LogP contribution in [0.3, 0.4) is 0 Å². The van der Waals surface area contributed by atoms with Crippen molar-refractivity contribution >= 4 is 16.7 Å². The Labute approximate surface area is 144 Å². The van der Waals surface area contributed by atoms with Gasteiger partial charge in [0, 0.05) is 26.2 Å². The van der Waals surface area contributed by atoms with Crippen molar-refractivity contribution in [1.82, 2.24) is 9.80 Å². The van der Waals surface area contributed by atoms with E-state index in [0.717, 1.165) is 43.9 Å². The molecule has 1 aliphatic heterocycles. The van der Waals surface area contributed by atoms with E-state index in [1.54, 1.807) is 0 Å². The summed E-state index contributed by atoms with van der Waals surface area (Å²) in [6, 6.07) is 14.2. The minimum atomic E-state index is -0.403. The van der Waals surface area contributed by atoms with E-state index in [0.29, 0.717) is 6.42 Å². The molecule has 3 rings (SSSR count). The fourth-order valence-electron chi connectivity index (χ4n) is 3.20. The van der Waals surface area contributed by atoms with Crippen molar-refractivity contribution in [2.45, 2.75) is 26.4 Å². The first-order valence-electron chi connectivity index (χ1n) is 8.88.